The van der Waals surface area contributed by atoms with Crippen LogP contribution < -0.4 is 4.74 Å². The number of methoxy groups -OCH3 is 1. The van der Waals surface area contributed by atoms with Crippen LogP contribution in [0.15, 0.2) is 12.1 Å². The number of Topliss-reactive ketones (excluding diaryl/α,β-unsaturated/α-hetero) is 1. The lowest BCUT2D eigenvalue weighted by atomic mass is 9.74. The van der Waals surface area contributed by atoms with Gasteiger partial charge in [-0.2, -0.15) is 0 Å². The third-order valence-corrected chi connectivity index (χ3v) is 3.79. The monoisotopic (exact) mass is 250 g/mol. The number of ether oxygens (including phenoxy) is 2. The summed E-state index contributed by atoms with van der Waals surface area (Å²) in [7, 11) is 1.47. The lowest BCUT2D eigenvalue weighted by Gasteiger charge is -2.30. The first-order valence-corrected chi connectivity index (χ1v) is 5.84. The third kappa shape index (κ3) is 1.44. The topological polar surface area (TPSA) is 76.0 Å². The Labute approximate surface area is 104 Å². The average Bonchev–Trinajstić information content (AvgIpc) is 2.84. The highest BCUT2D eigenvalue weighted by Gasteiger charge is 2.46. The van der Waals surface area contributed by atoms with Gasteiger partial charge in [-0.15, -0.1) is 0 Å². The maximum absolute atomic E-state index is 12.3. The highest BCUT2D eigenvalue weighted by molar-refractivity contribution is 6.03. The number of rotatable bonds is 1. The summed E-state index contributed by atoms with van der Waals surface area (Å²) in [5, 5.41) is 20.2. The lowest BCUT2D eigenvalue weighted by Crippen LogP contribution is -2.34. The summed E-state index contributed by atoms with van der Waals surface area (Å²) in [6.45, 7) is 0.681. The Morgan fingerprint density at radius 3 is 2.89 bits per heavy atom. The second-order valence-electron chi connectivity index (χ2n) is 4.73. The van der Waals surface area contributed by atoms with E-state index in [0.29, 0.717) is 24.5 Å². The fourth-order valence-corrected chi connectivity index (χ4v) is 2.81. The number of aromatic hydroxyl groups is 1. The van der Waals surface area contributed by atoms with E-state index in [1.54, 1.807) is 6.07 Å². The van der Waals surface area contributed by atoms with Crippen molar-refractivity contribution in [1.82, 2.24) is 0 Å². The zero-order chi connectivity index (χ0) is 12.9. The van der Waals surface area contributed by atoms with E-state index in [-0.39, 0.29) is 28.9 Å². The molecule has 0 aromatic heterocycles. The molecule has 3 atom stereocenters. The first-order chi connectivity index (χ1) is 8.63. The van der Waals surface area contributed by atoms with E-state index < -0.39 is 6.10 Å². The first kappa shape index (κ1) is 11.5. The van der Waals surface area contributed by atoms with E-state index >= 15 is 0 Å². The molecule has 1 aromatic rings. The molecule has 18 heavy (non-hydrogen) atoms. The first-order valence-electron chi connectivity index (χ1n) is 5.84. The predicted octanol–water partition coefficient (Wildman–Crippen LogP) is 0.893. The summed E-state index contributed by atoms with van der Waals surface area (Å²) in [5.41, 5.74) is 0.638. The molecule has 3 rings (SSSR count). The van der Waals surface area contributed by atoms with Crippen molar-refractivity contribution in [2.75, 3.05) is 20.3 Å². The molecular weight excluding hydrogens is 236 g/mol. The largest absolute Gasteiger partial charge is 0.507 e. The molecule has 2 N–H and O–H groups in total. The van der Waals surface area contributed by atoms with Gasteiger partial charge in [-0.25, -0.2) is 0 Å². The van der Waals surface area contributed by atoms with Gasteiger partial charge in [0.05, 0.1) is 37.9 Å². The molecule has 1 heterocycles. The van der Waals surface area contributed by atoms with Crippen LogP contribution in [0, 0.1) is 11.8 Å². The van der Waals surface area contributed by atoms with Crippen molar-refractivity contribution in [1.29, 1.82) is 0 Å². The molecule has 5 heteroatoms. The van der Waals surface area contributed by atoms with Crippen LogP contribution in [0.5, 0.6) is 11.5 Å². The lowest BCUT2D eigenvalue weighted by molar-refractivity contribution is 0.0584. The number of aliphatic hydroxyl groups excluding tert-OH is 1. The van der Waals surface area contributed by atoms with Gasteiger partial charge >= 0.3 is 0 Å². The number of benzene rings is 1. The molecule has 1 saturated heterocycles. The molecule has 96 valence electrons. The second-order valence-corrected chi connectivity index (χ2v) is 4.73. The van der Waals surface area contributed by atoms with Gasteiger partial charge in [0.25, 0.3) is 0 Å². The number of fused-ring (bicyclic) bond motifs is 2. The fraction of sp³-hybridized carbons (Fsp3) is 0.462. The standard InChI is InChI=1S/C13H14O5/c1-17-6-2-7-11(10(14)3-6)13(16)9-5-18-4-8(9)12(7)15/h2-3,8-9,12,14-15H,4-5H2,1H3/t8-,9-,12+/m1/s1. The normalized spacial score (nSPS) is 29.9. The molecule has 0 unspecified atom stereocenters. The number of ketones is 1. The zero-order valence-electron chi connectivity index (χ0n) is 9.92. The van der Waals surface area contributed by atoms with Gasteiger partial charge in [0, 0.05) is 12.0 Å². The minimum Gasteiger partial charge on any atom is -0.507 e. The van der Waals surface area contributed by atoms with Crippen LogP contribution in [0.4, 0.5) is 0 Å². The maximum Gasteiger partial charge on any atom is 0.172 e. The number of hydrogen-bond acceptors (Lipinski definition) is 5. The van der Waals surface area contributed by atoms with E-state index in [1.165, 1.54) is 13.2 Å². The molecule has 0 bridgehead atoms. The molecule has 2 aliphatic rings. The number of carbonyl (C=O) groups is 1. The Morgan fingerprint density at radius 1 is 1.39 bits per heavy atom. The van der Waals surface area contributed by atoms with Crippen molar-refractivity contribution in [3.63, 3.8) is 0 Å². The molecule has 1 aromatic carbocycles. The molecule has 0 spiro atoms. The van der Waals surface area contributed by atoms with Gasteiger partial charge in [-0.1, -0.05) is 0 Å². The quantitative estimate of drug-likeness (QED) is 0.774. The van der Waals surface area contributed by atoms with Crippen LogP contribution in [-0.4, -0.2) is 36.3 Å². The van der Waals surface area contributed by atoms with Crippen molar-refractivity contribution in [2.24, 2.45) is 11.8 Å². The average molecular weight is 250 g/mol. The van der Waals surface area contributed by atoms with Crippen LogP contribution in [0.1, 0.15) is 22.0 Å². The summed E-state index contributed by atoms with van der Waals surface area (Å²) in [4.78, 5) is 12.3. The van der Waals surface area contributed by atoms with E-state index in [1.807, 2.05) is 0 Å². The van der Waals surface area contributed by atoms with Crippen LogP contribution in [0.25, 0.3) is 0 Å². The van der Waals surface area contributed by atoms with Crippen molar-refractivity contribution in [3.8, 4) is 11.5 Å². The highest BCUT2D eigenvalue weighted by atomic mass is 16.5. The molecule has 0 amide bonds. The minimum atomic E-state index is -0.800. The Bertz CT molecular complexity index is 510. The molecule has 0 saturated carbocycles. The smallest absolute Gasteiger partial charge is 0.172 e. The van der Waals surface area contributed by atoms with Gasteiger partial charge in [-0.05, 0) is 11.6 Å². The molecule has 1 aliphatic heterocycles. The maximum atomic E-state index is 12.3. The summed E-state index contributed by atoms with van der Waals surface area (Å²) >= 11 is 0. The molecule has 1 aliphatic carbocycles. The Kier molecular flexibility index (Phi) is 2.53. The van der Waals surface area contributed by atoms with Gasteiger partial charge < -0.3 is 19.7 Å². The molecule has 1 fully saturated rings. The third-order valence-electron chi connectivity index (χ3n) is 3.79. The molecule has 5 nitrogen and oxygen atoms in total. The molecule has 0 radical (unpaired) electrons. The Balaban J connectivity index is 2.17. The van der Waals surface area contributed by atoms with Gasteiger partial charge in [0.1, 0.15) is 11.5 Å². The summed E-state index contributed by atoms with van der Waals surface area (Å²) in [5.74, 6) is -0.449. The van der Waals surface area contributed by atoms with Gasteiger partial charge in [0.2, 0.25) is 0 Å². The van der Waals surface area contributed by atoms with Gasteiger partial charge in [-0.3, -0.25) is 4.79 Å². The van der Waals surface area contributed by atoms with Crippen LogP contribution in [0.2, 0.25) is 0 Å². The predicted molar refractivity (Wildman–Crippen MR) is 61.7 cm³/mol. The number of carbonyl (C=O) groups excluding carboxylic acids is 1. The van der Waals surface area contributed by atoms with Crippen molar-refractivity contribution >= 4 is 5.78 Å². The Hall–Kier alpha value is -1.59. The van der Waals surface area contributed by atoms with Crippen LogP contribution >= 0.6 is 0 Å². The fourth-order valence-electron chi connectivity index (χ4n) is 2.81. The highest BCUT2D eigenvalue weighted by Crippen LogP contribution is 2.45. The summed E-state index contributed by atoms with van der Waals surface area (Å²) in [6.07, 6.45) is -0.800. The Morgan fingerprint density at radius 2 is 2.17 bits per heavy atom. The summed E-state index contributed by atoms with van der Waals surface area (Å²) in [6, 6.07) is 2.99. The van der Waals surface area contributed by atoms with Crippen molar-refractivity contribution < 1.29 is 24.5 Å². The van der Waals surface area contributed by atoms with Crippen molar-refractivity contribution in [3.05, 3.63) is 23.3 Å². The van der Waals surface area contributed by atoms with E-state index in [4.69, 9.17) is 9.47 Å². The SMILES string of the molecule is COc1cc(O)c2c(c1)[C@H](O)[C@@H]1COC[C@H]1C2=O. The van der Waals surface area contributed by atoms with Crippen LogP contribution in [0.3, 0.4) is 0 Å². The van der Waals surface area contributed by atoms with E-state index in [2.05, 4.69) is 0 Å². The zero-order valence-corrected chi connectivity index (χ0v) is 9.92. The molecular formula is C13H14O5. The minimum absolute atomic E-state index is 0.140. The second kappa shape index (κ2) is 3.96. The number of phenols is 1. The van der Waals surface area contributed by atoms with E-state index in [9.17, 15) is 15.0 Å². The van der Waals surface area contributed by atoms with Crippen molar-refractivity contribution in [2.45, 2.75) is 6.10 Å². The van der Waals surface area contributed by atoms with Gasteiger partial charge in [0.15, 0.2) is 5.78 Å². The number of hydrogen-bond donors (Lipinski definition) is 2. The van der Waals surface area contributed by atoms with E-state index in [0.717, 1.165) is 0 Å². The number of aliphatic hydroxyl groups is 1. The van der Waals surface area contributed by atoms with Crippen LogP contribution in [-0.2, 0) is 4.74 Å². The summed E-state index contributed by atoms with van der Waals surface area (Å²) < 4.78 is 10.3. The number of phenolic OH excluding ortho intramolecular Hbond substituents is 1.